The molecule has 1 aliphatic carbocycles. The molecule has 82 valence electrons. The maximum absolute atomic E-state index is 12.6. The van der Waals surface area contributed by atoms with Crippen LogP contribution in [-0.4, -0.2) is 6.54 Å². The maximum atomic E-state index is 12.6. The first-order chi connectivity index (χ1) is 7.25. The molecule has 0 radical (unpaired) electrons. The molecule has 15 heavy (non-hydrogen) atoms. The van der Waals surface area contributed by atoms with Gasteiger partial charge in [-0.3, -0.25) is 0 Å². The molecule has 0 saturated heterocycles. The third-order valence-electron chi connectivity index (χ3n) is 3.14. The summed E-state index contributed by atoms with van der Waals surface area (Å²) in [5.74, 6) is 1.57. The Hall–Kier alpha value is -0.890. The van der Waals surface area contributed by atoms with Crippen molar-refractivity contribution in [3.63, 3.8) is 0 Å². The van der Waals surface area contributed by atoms with E-state index in [0.29, 0.717) is 0 Å². The molecule has 0 aliphatic heterocycles. The molecule has 1 unspecified atom stereocenters. The SMILES string of the molecule is CC(CNCc1ccc(F)cc1)C1CC1. The maximum Gasteiger partial charge on any atom is 0.123 e. The summed E-state index contributed by atoms with van der Waals surface area (Å²) in [6.45, 7) is 4.22. The molecule has 0 aromatic heterocycles. The van der Waals surface area contributed by atoms with Crippen molar-refractivity contribution < 1.29 is 4.39 Å². The lowest BCUT2D eigenvalue weighted by Crippen LogP contribution is -2.21. The highest BCUT2D eigenvalue weighted by molar-refractivity contribution is 5.15. The first kappa shape index (κ1) is 10.6. The summed E-state index contributed by atoms with van der Waals surface area (Å²) in [4.78, 5) is 0. The molecule has 1 aliphatic rings. The number of rotatable bonds is 5. The fourth-order valence-electron chi connectivity index (χ4n) is 1.88. The van der Waals surface area contributed by atoms with Crippen LogP contribution in [0.25, 0.3) is 0 Å². The summed E-state index contributed by atoms with van der Waals surface area (Å²) in [5, 5.41) is 3.42. The Morgan fingerprint density at radius 2 is 2.00 bits per heavy atom. The Balaban J connectivity index is 1.70. The first-order valence-electron chi connectivity index (χ1n) is 5.71. The van der Waals surface area contributed by atoms with Crippen LogP contribution in [0.5, 0.6) is 0 Å². The molecule has 1 fully saturated rings. The van der Waals surface area contributed by atoms with Gasteiger partial charge < -0.3 is 5.32 Å². The van der Waals surface area contributed by atoms with Gasteiger partial charge in [0.1, 0.15) is 5.82 Å². The summed E-state index contributed by atoms with van der Waals surface area (Å²) >= 11 is 0. The van der Waals surface area contributed by atoms with Crippen LogP contribution in [0.4, 0.5) is 4.39 Å². The number of hydrogen-bond donors (Lipinski definition) is 1. The third-order valence-corrected chi connectivity index (χ3v) is 3.14. The number of halogens is 1. The Morgan fingerprint density at radius 3 is 2.60 bits per heavy atom. The van der Waals surface area contributed by atoms with Gasteiger partial charge in [0.15, 0.2) is 0 Å². The second kappa shape index (κ2) is 4.75. The molecular formula is C13H18FN. The molecular weight excluding hydrogens is 189 g/mol. The minimum absolute atomic E-state index is 0.162. The van der Waals surface area contributed by atoms with Gasteiger partial charge in [0.05, 0.1) is 0 Å². The highest BCUT2D eigenvalue weighted by atomic mass is 19.1. The molecule has 0 amide bonds. The smallest absolute Gasteiger partial charge is 0.123 e. The van der Waals surface area contributed by atoms with Crippen LogP contribution in [0, 0.1) is 17.7 Å². The predicted molar refractivity (Wildman–Crippen MR) is 60.0 cm³/mol. The second-order valence-corrected chi connectivity index (χ2v) is 4.57. The normalized spacial score (nSPS) is 17.7. The van der Waals surface area contributed by atoms with Gasteiger partial charge >= 0.3 is 0 Å². The van der Waals surface area contributed by atoms with E-state index in [1.165, 1.54) is 25.0 Å². The van der Waals surface area contributed by atoms with E-state index in [9.17, 15) is 4.39 Å². The van der Waals surface area contributed by atoms with Crippen LogP contribution in [0.3, 0.4) is 0 Å². The number of nitrogens with one attached hydrogen (secondary N) is 1. The van der Waals surface area contributed by atoms with Gasteiger partial charge in [-0.05, 0) is 48.9 Å². The van der Waals surface area contributed by atoms with Crippen molar-refractivity contribution in [3.05, 3.63) is 35.6 Å². The van der Waals surface area contributed by atoms with Gasteiger partial charge in [0, 0.05) is 6.54 Å². The van der Waals surface area contributed by atoms with Crippen molar-refractivity contribution in [1.82, 2.24) is 5.32 Å². The minimum Gasteiger partial charge on any atom is -0.312 e. The molecule has 0 spiro atoms. The van der Waals surface area contributed by atoms with E-state index in [0.717, 1.165) is 30.5 Å². The van der Waals surface area contributed by atoms with Crippen molar-refractivity contribution in [1.29, 1.82) is 0 Å². The van der Waals surface area contributed by atoms with Crippen LogP contribution in [0.1, 0.15) is 25.3 Å². The van der Waals surface area contributed by atoms with Crippen molar-refractivity contribution in [3.8, 4) is 0 Å². The number of benzene rings is 1. The van der Waals surface area contributed by atoms with Crippen molar-refractivity contribution in [2.24, 2.45) is 11.8 Å². The summed E-state index contributed by atoms with van der Waals surface area (Å²) in [7, 11) is 0. The van der Waals surface area contributed by atoms with E-state index in [2.05, 4.69) is 12.2 Å². The van der Waals surface area contributed by atoms with Crippen LogP contribution < -0.4 is 5.32 Å². The summed E-state index contributed by atoms with van der Waals surface area (Å²) in [6, 6.07) is 6.71. The minimum atomic E-state index is -0.162. The quantitative estimate of drug-likeness (QED) is 0.782. The Kier molecular flexibility index (Phi) is 3.37. The predicted octanol–water partition coefficient (Wildman–Crippen LogP) is 2.96. The standard InChI is InChI=1S/C13H18FN/c1-10(12-4-5-12)8-15-9-11-2-6-13(14)7-3-11/h2-3,6-7,10,12,15H,4-5,8-9H2,1H3. The van der Waals surface area contributed by atoms with E-state index in [1.54, 1.807) is 0 Å². The zero-order valence-electron chi connectivity index (χ0n) is 9.17. The van der Waals surface area contributed by atoms with E-state index in [4.69, 9.17) is 0 Å². The lowest BCUT2D eigenvalue weighted by Gasteiger charge is -2.11. The van der Waals surface area contributed by atoms with Gasteiger partial charge in [-0.1, -0.05) is 19.1 Å². The lowest BCUT2D eigenvalue weighted by molar-refractivity contribution is 0.461. The first-order valence-corrected chi connectivity index (χ1v) is 5.71. The highest BCUT2D eigenvalue weighted by Gasteiger charge is 2.27. The Bertz CT molecular complexity index is 303. The van der Waals surface area contributed by atoms with Crippen LogP contribution in [-0.2, 0) is 6.54 Å². The van der Waals surface area contributed by atoms with Crippen LogP contribution in [0.2, 0.25) is 0 Å². The molecule has 0 heterocycles. The molecule has 2 rings (SSSR count). The monoisotopic (exact) mass is 207 g/mol. The molecule has 1 aromatic rings. The van der Waals surface area contributed by atoms with E-state index >= 15 is 0 Å². The molecule has 1 atom stereocenters. The highest BCUT2D eigenvalue weighted by Crippen LogP contribution is 2.36. The summed E-state index contributed by atoms with van der Waals surface area (Å²) in [6.07, 6.45) is 2.80. The molecule has 1 aromatic carbocycles. The fraction of sp³-hybridized carbons (Fsp3) is 0.538. The number of hydrogen-bond acceptors (Lipinski definition) is 1. The van der Waals surface area contributed by atoms with Gasteiger partial charge in [-0.2, -0.15) is 0 Å². The van der Waals surface area contributed by atoms with Gasteiger partial charge in [0.2, 0.25) is 0 Å². The van der Waals surface area contributed by atoms with E-state index in [1.807, 2.05) is 12.1 Å². The summed E-state index contributed by atoms with van der Waals surface area (Å²) in [5.41, 5.74) is 1.15. The van der Waals surface area contributed by atoms with Gasteiger partial charge in [-0.15, -0.1) is 0 Å². The molecule has 1 nitrogen and oxygen atoms in total. The van der Waals surface area contributed by atoms with E-state index in [-0.39, 0.29) is 5.82 Å². The van der Waals surface area contributed by atoms with Crippen LogP contribution in [0.15, 0.2) is 24.3 Å². The fourth-order valence-corrected chi connectivity index (χ4v) is 1.88. The largest absolute Gasteiger partial charge is 0.312 e. The van der Waals surface area contributed by atoms with Crippen LogP contribution >= 0.6 is 0 Å². The molecule has 2 heteroatoms. The van der Waals surface area contributed by atoms with Gasteiger partial charge in [-0.25, -0.2) is 4.39 Å². The second-order valence-electron chi connectivity index (χ2n) is 4.57. The molecule has 1 saturated carbocycles. The zero-order valence-corrected chi connectivity index (χ0v) is 9.17. The molecule has 1 N–H and O–H groups in total. The Morgan fingerprint density at radius 1 is 1.33 bits per heavy atom. The molecule has 0 bridgehead atoms. The lowest BCUT2D eigenvalue weighted by atomic mass is 10.1. The zero-order chi connectivity index (χ0) is 10.7. The van der Waals surface area contributed by atoms with Crippen molar-refractivity contribution in [2.75, 3.05) is 6.54 Å². The van der Waals surface area contributed by atoms with Crippen molar-refractivity contribution in [2.45, 2.75) is 26.3 Å². The summed E-state index contributed by atoms with van der Waals surface area (Å²) < 4.78 is 12.6. The average Bonchev–Trinajstić information content (AvgIpc) is 3.04. The average molecular weight is 207 g/mol. The van der Waals surface area contributed by atoms with E-state index < -0.39 is 0 Å². The Labute approximate surface area is 90.7 Å². The van der Waals surface area contributed by atoms with Gasteiger partial charge in [0.25, 0.3) is 0 Å². The third kappa shape index (κ3) is 3.31. The van der Waals surface area contributed by atoms with Crippen molar-refractivity contribution >= 4 is 0 Å². The topological polar surface area (TPSA) is 12.0 Å².